The van der Waals surface area contributed by atoms with Gasteiger partial charge < -0.3 is 10.7 Å². The normalized spacial score (nSPS) is 9.46. The molecule has 3 nitrogen and oxygen atoms in total. The van der Waals surface area contributed by atoms with Crippen molar-refractivity contribution in [1.82, 2.24) is 5.43 Å². The molecule has 0 heterocycles. The van der Waals surface area contributed by atoms with Crippen LogP contribution in [0.1, 0.15) is 0 Å². The first-order chi connectivity index (χ1) is 6.13. The van der Waals surface area contributed by atoms with Gasteiger partial charge in [-0.25, -0.2) is 5.84 Å². The van der Waals surface area contributed by atoms with Gasteiger partial charge in [0, 0.05) is 8.59 Å². The molecular formula is C7H7ClIN3S. The maximum absolute atomic E-state index is 5.78. The number of rotatable bonds is 1. The highest BCUT2D eigenvalue weighted by atomic mass is 127. The summed E-state index contributed by atoms with van der Waals surface area (Å²) in [6, 6.07) is 5.46. The molecule has 1 aromatic carbocycles. The van der Waals surface area contributed by atoms with Crippen molar-refractivity contribution in [2.24, 2.45) is 5.84 Å². The Morgan fingerprint density at radius 3 is 2.77 bits per heavy atom. The monoisotopic (exact) mass is 327 g/mol. The predicted molar refractivity (Wildman–Crippen MR) is 67.7 cm³/mol. The Hall–Kier alpha value is -0.110. The Morgan fingerprint density at radius 2 is 2.23 bits per heavy atom. The Morgan fingerprint density at radius 1 is 1.54 bits per heavy atom. The van der Waals surface area contributed by atoms with Crippen molar-refractivity contribution in [3.05, 3.63) is 26.8 Å². The number of hydrogen-bond donors (Lipinski definition) is 3. The van der Waals surface area contributed by atoms with Crippen LogP contribution in [0.3, 0.4) is 0 Å². The van der Waals surface area contributed by atoms with E-state index in [2.05, 4.69) is 33.3 Å². The van der Waals surface area contributed by atoms with E-state index in [0.29, 0.717) is 10.1 Å². The van der Waals surface area contributed by atoms with Crippen LogP contribution in [-0.4, -0.2) is 5.11 Å². The van der Waals surface area contributed by atoms with Crippen LogP contribution in [0.15, 0.2) is 18.2 Å². The number of hydrazine groups is 1. The number of benzene rings is 1. The third kappa shape index (κ3) is 3.26. The van der Waals surface area contributed by atoms with Crippen LogP contribution in [0.5, 0.6) is 0 Å². The van der Waals surface area contributed by atoms with Crippen molar-refractivity contribution in [1.29, 1.82) is 0 Å². The Balaban J connectivity index is 2.83. The standard InChI is InChI=1S/C7H7ClIN3S/c8-4-1-2-6(5(9)3-4)11-7(13)12-10/h1-3H,10H2,(H2,11,12,13). The average molecular weight is 328 g/mol. The van der Waals surface area contributed by atoms with Crippen LogP contribution in [0.4, 0.5) is 5.69 Å². The van der Waals surface area contributed by atoms with E-state index in [1.807, 2.05) is 12.1 Å². The van der Waals surface area contributed by atoms with Gasteiger partial charge in [0.1, 0.15) is 0 Å². The number of anilines is 1. The zero-order valence-corrected chi connectivity index (χ0v) is 10.2. The first-order valence-electron chi connectivity index (χ1n) is 3.36. The lowest BCUT2D eigenvalue weighted by Crippen LogP contribution is -2.34. The van der Waals surface area contributed by atoms with Gasteiger partial charge in [-0.1, -0.05) is 11.6 Å². The molecule has 1 rings (SSSR count). The second-order valence-corrected chi connectivity index (χ2v) is 4.23. The fourth-order valence-electron chi connectivity index (χ4n) is 0.749. The van der Waals surface area contributed by atoms with Crippen LogP contribution in [0.2, 0.25) is 5.02 Å². The van der Waals surface area contributed by atoms with Gasteiger partial charge in [-0.2, -0.15) is 0 Å². The van der Waals surface area contributed by atoms with Crippen molar-refractivity contribution < 1.29 is 0 Å². The van der Waals surface area contributed by atoms with Crippen LogP contribution in [-0.2, 0) is 0 Å². The van der Waals surface area contributed by atoms with Gasteiger partial charge in [0.2, 0.25) is 0 Å². The zero-order chi connectivity index (χ0) is 9.84. The van der Waals surface area contributed by atoms with Gasteiger partial charge in [0.15, 0.2) is 5.11 Å². The Labute approximate surface area is 100 Å². The zero-order valence-electron chi connectivity index (χ0n) is 6.47. The van der Waals surface area contributed by atoms with Gasteiger partial charge in [-0.05, 0) is 53.0 Å². The highest BCUT2D eigenvalue weighted by Crippen LogP contribution is 2.21. The molecule has 0 atom stereocenters. The SMILES string of the molecule is NNC(=S)Nc1ccc(Cl)cc1I. The summed E-state index contributed by atoms with van der Waals surface area (Å²) >= 11 is 12.8. The molecule has 0 bridgehead atoms. The molecule has 0 amide bonds. The molecule has 0 aliphatic rings. The fourth-order valence-corrected chi connectivity index (χ4v) is 1.87. The Kier molecular flexibility index (Phi) is 4.17. The minimum absolute atomic E-state index is 0.375. The van der Waals surface area contributed by atoms with E-state index < -0.39 is 0 Å². The summed E-state index contributed by atoms with van der Waals surface area (Å²) in [4.78, 5) is 0. The summed E-state index contributed by atoms with van der Waals surface area (Å²) in [5.41, 5.74) is 3.22. The molecule has 0 radical (unpaired) electrons. The van der Waals surface area contributed by atoms with Crippen molar-refractivity contribution >= 4 is 57.2 Å². The maximum Gasteiger partial charge on any atom is 0.185 e. The van der Waals surface area contributed by atoms with Crippen molar-refractivity contribution in [2.75, 3.05) is 5.32 Å². The topological polar surface area (TPSA) is 50.1 Å². The Bertz CT molecular complexity index is 332. The van der Waals surface area contributed by atoms with E-state index in [1.165, 1.54) is 0 Å². The molecule has 13 heavy (non-hydrogen) atoms. The lowest BCUT2D eigenvalue weighted by Gasteiger charge is -2.08. The summed E-state index contributed by atoms with van der Waals surface area (Å²) in [7, 11) is 0. The molecule has 0 saturated carbocycles. The van der Waals surface area contributed by atoms with E-state index in [4.69, 9.17) is 29.7 Å². The maximum atomic E-state index is 5.78. The van der Waals surface area contributed by atoms with Crippen LogP contribution in [0.25, 0.3) is 0 Å². The molecular weight excluding hydrogens is 321 g/mol. The number of hydrogen-bond acceptors (Lipinski definition) is 2. The van der Waals surface area contributed by atoms with Gasteiger partial charge in [-0.3, -0.25) is 0 Å². The van der Waals surface area contributed by atoms with E-state index in [0.717, 1.165) is 9.26 Å². The largest absolute Gasteiger partial charge is 0.331 e. The quantitative estimate of drug-likeness (QED) is 0.320. The lowest BCUT2D eigenvalue weighted by molar-refractivity contribution is 1.04. The van der Waals surface area contributed by atoms with E-state index in [9.17, 15) is 0 Å². The van der Waals surface area contributed by atoms with Gasteiger partial charge in [0.05, 0.1) is 5.69 Å². The third-order valence-electron chi connectivity index (χ3n) is 1.31. The first-order valence-corrected chi connectivity index (χ1v) is 5.22. The minimum atomic E-state index is 0.375. The average Bonchev–Trinajstić information content (AvgIpc) is 2.09. The predicted octanol–water partition coefficient (Wildman–Crippen LogP) is 2.10. The highest BCUT2D eigenvalue weighted by Gasteiger charge is 2.01. The van der Waals surface area contributed by atoms with Crippen molar-refractivity contribution in [2.45, 2.75) is 0 Å². The summed E-state index contributed by atoms with van der Waals surface area (Å²) in [6.45, 7) is 0. The first kappa shape index (κ1) is 11.0. The highest BCUT2D eigenvalue weighted by molar-refractivity contribution is 14.1. The van der Waals surface area contributed by atoms with Gasteiger partial charge >= 0.3 is 0 Å². The molecule has 1 aromatic rings. The molecule has 4 N–H and O–H groups in total. The summed E-state index contributed by atoms with van der Waals surface area (Å²) in [5, 5.41) is 3.99. The molecule has 0 aromatic heterocycles. The number of nitrogens with two attached hydrogens (primary N) is 1. The van der Waals surface area contributed by atoms with Crippen LogP contribution < -0.4 is 16.6 Å². The number of nitrogens with one attached hydrogen (secondary N) is 2. The molecule has 0 fully saturated rings. The van der Waals surface area contributed by atoms with E-state index in [-0.39, 0.29) is 0 Å². The molecule has 0 unspecified atom stereocenters. The van der Waals surface area contributed by atoms with Crippen molar-refractivity contribution in [3.8, 4) is 0 Å². The summed E-state index contributed by atoms with van der Waals surface area (Å²) in [5.74, 6) is 5.12. The summed E-state index contributed by atoms with van der Waals surface area (Å²) < 4.78 is 0.989. The van der Waals surface area contributed by atoms with E-state index in [1.54, 1.807) is 6.07 Å². The van der Waals surface area contributed by atoms with Crippen LogP contribution >= 0.6 is 46.4 Å². The molecule has 0 aliphatic heterocycles. The molecule has 0 saturated heterocycles. The number of thiocarbonyl (C=S) groups is 1. The second kappa shape index (κ2) is 4.94. The van der Waals surface area contributed by atoms with Crippen molar-refractivity contribution in [3.63, 3.8) is 0 Å². The van der Waals surface area contributed by atoms with Gasteiger partial charge in [-0.15, -0.1) is 0 Å². The third-order valence-corrected chi connectivity index (χ3v) is 2.66. The molecule has 0 spiro atoms. The lowest BCUT2D eigenvalue weighted by atomic mass is 10.3. The van der Waals surface area contributed by atoms with E-state index >= 15 is 0 Å². The van der Waals surface area contributed by atoms with Crippen LogP contribution in [0, 0.1) is 3.57 Å². The fraction of sp³-hybridized carbons (Fsp3) is 0. The smallest absolute Gasteiger partial charge is 0.185 e. The second-order valence-electron chi connectivity index (χ2n) is 2.22. The minimum Gasteiger partial charge on any atom is -0.331 e. The van der Waals surface area contributed by atoms with Gasteiger partial charge in [0.25, 0.3) is 0 Å². The summed E-state index contributed by atoms with van der Waals surface area (Å²) in [6.07, 6.45) is 0. The molecule has 6 heteroatoms. The molecule has 0 aliphatic carbocycles. The molecule has 70 valence electrons. The number of halogens is 2.